The van der Waals surface area contributed by atoms with Crippen molar-refractivity contribution in [3.8, 4) is 5.75 Å². The smallest absolute Gasteiger partial charge is 0.115 e. The molecule has 1 aromatic carbocycles. The summed E-state index contributed by atoms with van der Waals surface area (Å²) in [6.45, 7) is 4.29. The molecule has 15 heavy (non-hydrogen) atoms. The van der Waals surface area contributed by atoms with E-state index in [2.05, 4.69) is 6.92 Å². The van der Waals surface area contributed by atoms with E-state index in [0.717, 1.165) is 12.8 Å². The molecule has 2 atom stereocenters. The molecule has 0 fully saturated rings. The van der Waals surface area contributed by atoms with Crippen LogP contribution in [0.3, 0.4) is 0 Å². The second-order valence-electron chi connectivity index (χ2n) is 4.53. The molecule has 0 aliphatic heterocycles. The molecule has 2 heteroatoms. The molecule has 0 bridgehead atoms. The molecule has 84 valence electrons. The molecule has 0 aliphatic carbocycles. The number of phenols is 1. The Hall–Kier alpha value is -1.02. The fourth-order valence-electron chi connectivity index (χ4n) is 1.68. The zero-order valence-corrected chi connectivity index (χ0v) is 9.61. The van der Waals surface area contributed by atoms with E-state index < -0.39 is 0 Å². The van der Waals surface area contributed by atoms with Crippen molar-refractivity contribution in [3.63, 3.8) is 0 Å². The molecule has 0 radical (unpaired) electrons. The number of nitrogens with two attached hydrogens (primary N) is 1. The van der Waals surface area contributed by atoms with Crippen LogP contribution >= 0.6 is 0 Å². The molecular formula is C13H21NO. The summed E-state index contributed by atoms with van der Waals surface area (Å²) in [4.78, 5) is 0. The molecule has 0 aliphatic rings. The Bertz CT molecular complexity index is 279. The topological polar surface area (TPSA) is 46.2 Å². The lowest BCUT2D eigenvalue weighted by atomic mass is 9.95. The van der Waals surface area contributed by atoms with Gasteiger partial charge in [0.25, 0.3) is 0 Å². The van der Waals surface area contributed by atoms with E-state index in [0.29, 0.717) is 17.7 Å². The minimum absolute atomic E-state index is 0.298. The number of rotatable bonds is 5. The highest BCUT2D eigenvalue weighted by Gasteiger charge is 2.05. The minimum atomic E-state index is 0.298. The first-order valence-electron chi connectivity index (χ1n) is 5.61. The Morgan fingerprint density at radius 3 is 2.27 bits per heavy atom. The predicted octanol–water partition coefficient (Wildman–Crippen LogP) is 2.70. The summed E-state index contributed by atoms with van der Waals surface area (Å²) in [5.74, 6) is 0.988. The van der Waals surface area contributed by atoms with Crippen molar-refractivity contribution in [1.82, 2.24) is 0 Å². The second-order valence-corrected chi connectivity index (χ2v) is 4.53. The normalized spacial score (nSPS) is 14.9. The third-order valence-corrected chi connectivity index (χ3v) is 2.64. The molecule has 1 rings (SSSR count). The molecule has 0 heterocycles. The lowest BCUT2D eigenvalue weighted by Crippen LogP contribution is -2.16. The first kappa shape index (κ1) is 12.1. The molecule has 0 aromatic heterocycles. The van der Waals surface area contributed by atoms with Gasteiger partial charge < -0.3 is 10.8 Å². The summed E-state index contributed by atoms with van der Waals surface area (Å²) >= 11 is 0. The number of phenolic OH excluding ortho intramolecular Hbond substituents is 1. The maximum absolute atomic E-state index is 9.15. The highest BCUT2D eigenvalue weighted by atomic mass is 16.3. The molecule has 0 spiro atoms. The molecule has 0 saturated carbocycles. The van der Waals surface area contributed by atoms with Gasteiger partial charge in [0.2, 0.25) is 0 Å². The molecular weight excluding hydrogens is 186 g/mol. The van der Waals surface area contributed by atoms with Crippen LogP contribution in [-0.4, -0.2) is 11.1 Å². The minimum Gasteiger partial charge on any atom is -0.508 e. The zero-order chi connectivity index (χ0) is 11.3. The second kappa shape index (κ2) is 5.76. The van der Waals surface area contributed by atoms with E-state index in [-0.39, 0.29) is 0 Å². The van der Waals surface area contributed by atoms with Gasteiger partial charge in [0.1, 0.15) is 5.75 Å². The number of benzene rings is 1. The van der Waals surface area contributed by atoms with Gasteiger partial charge in [-0.15, -0.1) is 0 Å². The molecule has 0 saturated heterocycles. The molecule has 0 unspecified atom stereocenters. The standard InChI is InChI=1S/C13H21NO/c1-10(3-4-11(2)14)9-12-5-7-13(15)8-6-12/h5-8,10-11,15H,3-4,9,14H2,1-2H3/t10-,11-/m0/s1. The van der Waals surface area contributed by atoms with Crippen LogP contribution in [0.1, 0.15) is 32.3 Å². The number of hydrogen-bond donors (Lipinski definition) is 2. The summed E-state index contributed by atoms with van der Waals surface area (Å²) in [6.07, 6.45) is 3.31. The lowest BCUT2D eigenvalue weighted by molar-refractivity contribution is 0.470. The highest BCUT2D eigenvalue weighted by molar-refractivity contribution is 5.26. The van der Waals surface area contributed by atoms with Gasteiger partial charge in [-0.05, 0) is 49.8 Å². The Morgan fingerprint density at radius 2 is 1.73 bits per heavy atom. The van der Waals surface area contributed by atoms with Gasteiger partial charge in [0, 0.05) is 6.04 Å². The molecule has 1 aromatic rings. The highest BCUT2D eigenvalue weighted by Crippen LogP contribution is 2.16. The van der Waals surface area contributed by atoms with E-state index >= 15 is 0 Å². The van der Waals surface area contributed by atoms with E-state index in [1.54, 1.807) is 12.1 Å². The first-order valence-corrected chi connectivity index (χ1v) is 5.61. The Labute approximate surface area is 92.1 Å². The van der Waals surface area contributed by atoms with Crippen LogP contribution in [-0.2, 0) is 6.42 Å². The summed E-state index contributed by atoms with van der Waals surface area (Å²) in [5.41, 5.74) is 7.00. The average molecular weight is 207 g/mol. The van der Waals surface area contributed by atoms with Crippen LogP contribution in [0.25, 0.3) is 0 Å². The summed E-state index contributed by atoms with van der Waals surface area (Å²) in [7, 11) is 0. The van der Waals surface area contributed by atoms with Gasteiger partial charge in [-0.25, -0.2) is 0 Å². The van der Waals surface area contributed by atoms with Crippen LogP contribution in [0.5, 0.6) is 5.75 Å². The maximum Gasteiger partial charge on any atom is 0.115 e. The van der Waals surface area contributed by atoms with E-state index in [4.69, 9.17) is 10.8 Å². The zero-order valence-electron chi connectivity index (χ0n) is 9.61. The molecule has 2 nitrogen and oxygen atoms in total. The first-order chi connectivity index (χ1) is 7.08. The van der Waals surface area contributed by atoms with Gasteiger partial charge in [0.15, 0.2) is 0 Å². The fraction of sp³-hybridized carbons (Fsp3) is 0.538. The third-order valence-electron chi connectivity index (χ3n) is 2.64. The predicted molar refractivity (Wildman–Crippen MR) is 63.9 cm³/mol. The van der Waals surface area contributed by atoms with Gasteiger partial charge in [0.05, 0.1) is 0 Å². The largest absolute Gasteiger partial charge is 0.508 e. The van der Waals surface area contributed by atoms with Crippen LogP contribution < -0.4 is 5.73 Å². The van der Waals surface area contributed by atoms with Crippen LogP contribution in [0.2, 0.25) is 0 Å². The Balaban J connectivity index is 2.37. The van der Waals surface area contributed by atoms with Crippen molar-refractivity contribution in [2.24, 2.45) is 11.7 Å². The van der Waals surface area contributed by atoms with E-state index in [1.807, 2.05) is 19.1 Å². The summed E-state index contributed by atoms with van der Waals surface area (Å²) < 4.78 is 0. The van der Waals surface area contributed by atoms with Crippen molar-refractivity contribution < 1.29 is 5.11 Å². The van der Waals surface area contributed by atoms with Gasteiger partial charge in [-0.1, -0.05) is 19.1 Å². The fourth-order valence-corrected chi connectivity index (χ4v) is 1.68. The quantitative estimate of drug-likeness (QED) is 0.779. The number of aromatic hydroxyl groups is 1. The van der Waals surface area contributed by atoms with E-state index in [9.17, 15) is 0 Å². The average Bonchev–Trinajstić information content (AvgIpc) is 2.19. The summed E-state index contributed by atoms with van der Waals surface area (Å²) in [6, 6.07) is 7.75. The van der Waals surface area contributed by atoms with Crippen LogP contribution in [0.15, 0.2) is 24.3 Å². The molecule has 0 amide bonds. The van der Waals surface area contributed by atoms with Crippen molar-refractivity contribution in [3.05, 3.63) is 29.8 Å². The van der Waals surface area contributed by atoms with Crippen molar-refractivity contribution in [2.45, 2.75) is 39.2 Å². The van der Waals surface area contributed by atoms with Crippen LogP contribution in [0.4, 0.5) is 0 Å². The van der Waals surface area contributed by atoms with Gasteiger partial charge in [-0.2, -0.15) is 0 Å². The van der Waals surface area contributed by atoms with E-state index in [1.165, 1.54) is 12.0 Å². The molecule has 3 N–H and O–H groups in total. The Morgan fingerprint density at radius 1 is 1.13 bits per heavy atom. The third kappa shape index (κ3) is 4.84. The van der Waals surface area contributed by atoms with Gasteiger partial charge in [-0.3, -0.25) is 0 Å². The maximum atomic E-state index is 9.15. The monoisotopic (exact) mass is 207 g/mol. The lowest BCUT2D eigenvalue weighted by Gasteiger charge is -2.12. The SMILES string of the molecule is C[C@@H](CC[C@H](C)N)Cc1ccc(O)cc1. The van der Waals surface area contributed by atoms with Gasteiger partial charge >= 0.3 is 0 Å². The van der Waals surface area contributed by atoms with Crippen molar-refractivity contribution >= 4 is 0 Å². The van der Waals surface area contributed by atoms with Crippen LogP contribution in [0, 0.1) is 5.92 Å². The van der Waals surface area contributed by atoms with Crippen molar-refractivity contribution in [1.29, 1.82) is 0 Å². The Kier molecular flexibility index (Phi) is 4.63. The van der Waals surface area contributed by atoms with Crippen molar-refractivity contribution in [2.75, 3.05) is 0 Å². The summed E-state index contributed by atoms with van der Waals surface area (Å²) in [5, 5.41) is 9.15. The number of hydrogen-bond acceptors (Lipinski definition) is 2.